The number of nitrogens with zero attached hydrogens (tertiary/aromatic N) is 2. The summed E-state index contributed by atoms with van der Waals surface area (Å²) >= 11 is 0. The number of fused-ring (bicyclic) bond motifs is 2. The Kier molecular flexibility index (Phi) is 5.63. The van der Waals surface area contributed by atoms with Gasteiger partial charge in [0.1, 0.15) is 18.1 Å². The number of methoxy groups -OCH3 is 1. The number of amidine groups is 1. The molecular formula is C27H26N2O3. The number of carbonyl (C=O) groups excluding carboxylic acids is 1. The summed E-state index contributed by atoms with van der Waals surface area (Å²) in [5.41, 5.74) is 2.48. The molecule has 162 valence electrons. The van der Waals surface area contributed by atoms with Crippen molar-refractivity contribution in [1.82, 2.24) is 4.90 Å². The Morgan fingerprint density at radius 3 is 2.78 bits per heavy atom. The number of hydrogen-bond donors (Lipinski definition) is 0. The molecule has 5 nitrogen and oxygen atoms in total. The third-order valence-corrected chi connectivity index (χ3v) is 6.06. The maximum Gasteiger partial charge on any atom is 0.277 e. The normalized spacial score (nSPS) is 17.3. The summed E-state index contributed by atoms with van der Waals surface area (Å²) in [6.45, 7) is 1.21. The fourth-order valence-corrected chi connectivity index (χ4v) is 4.37. The van der Waals surface area contributed by atoms with Crippen molar-refractivity contribution in [3.8, 4) is 11.5 Å². The average molecular weight is 427 g/mol. The molecule has 2 heterocycles. The van der Waals surface area contributed by atoms with Crippen molar-refractivity contribution in [3.63, 3.8) is 0 Å². The predicted octanol–water partition coefficient (Wildman–Crippen LogP) is 5.58. The molecule has 0 saturated carbocycles. The largest absolute Gasteiger partial charge is 0.493 e. The maximum atomic E-state index is 12.8. The lowest BCUT2D eigenvalue weighted by Crippen LogP contribution is -2.31. The first-order valence-corrected chi connectivity index (χ1v) is 11.1. The molecule has 1 fully saturated rings. The van der Waals surface area contributed by atoms with Crippen LogP contribution in [0.1, 0.15) is 36.8 Å². The molecule has 3 aromatic rings. The molecule has 0 atom stereocenters. The lowest BCUT2D eigenvalue weighted by Gasteiger charge is -2.14. The van der Waals surface area contributed by atoms with Crippen LogP contribution in [0.15, 0.2) is 71.4 Å². The number of carbonyl (C=O) groups is 1. The van der Waals surface area contributed by atoms with Crippen LogP contribution < -0.4 is 9.47 Å². The van der Waals surface area contributed by atoms with Crippen LogP contribution in [0, 0.1) is 0 Å². The number of ether oxygens (including phenoxy) is 2. The first-order valence-electron chi connectivity index (χ1n) is 11.1. The van der Waals surface area contributed by atoms with E-state index in [1.165, 1.54) is 10.8 Å². The van der Waals surface area contributed by atoms with Crippen molar-refractivity contribution in [1.29, 1.82) is 0 Å². The number of hydrogen-bond acceptors (Lipinski definition) is 4. The zero-order chi connectivity index (χ0) is 21.9. The summed E-state index contributed by atoms with van der Waals surface area (Å²) in [4.78, 5) is 19.2. The first-order chi connectivity index (χ1) is 15.7. The van der Waals surface area contributed by atoms with Gasteiger partial charge in [-0.2, -0.15) is 0 Å². The Bertz CT molecular complexity index is 1220. The van der Waals surface area contributed by atoms with E-state index in [0.29, 0.717) is 23.8 Å². The predicted molar refractivity (Wildman–Crippen MR) is 127 cm³/mol. The minimum atomic E-state index is -0.00264. The third kappa shape index (κ3) is 3.98. The lowest BCUT2D eigenvalue weighted by molar-refractivity contribution is -0.122. The molecule has 0 radical (unpaired) electrons. The molecule has 2 aliphatic rings. The van der Waals surface area contributed by atoms with Gasteiger partial charge in [-0.05, 0) is 52.9 Å². The van der Waals surface area contributed by atoms with Gasteiger partial charge in [-0.15, -0.1) is 0 Å². The van der Waals surface area contributed by atoms with Gasteiger partial charge in [0.2, 0.25) is 0 Å². The van der Waals surface area contributed by atoms with E-state index >= 15 is 0 Å². The highest BCUT2D eigenvalue weighted by atomic mass is 16.5. The Labute approximate surface area is 188 Å². The van der Waals surface area contributed by atoms with Crippen molar-refractivity contribution in [2.24, 2.45) is 4.99 Å². The first kappa shape index (κ1) is 20.3. The van der Waals surface area contributed by atoms with Crippen LogP contribution in [0.5, 0.6) is 11.5 Å². The van der Waals surface area contributed by atoms with Crippen molar-refractivity contribution >= 4 is 28.6 Å². The number of amides is 1. The minimum Gasteiger partial charge on any atom is -0.493 e. The van der Waals surface area contributed by atoms with Gasteiger partial charge in [0, 0.05) is 13.0 Å². The second-order valence-electron chi connectivity index (χ2n) is 8.16. The quantitative estimate of drug-likeness (QED) is 0.500. The van der Waals surface area contributed by atoms with E-state index < -0.39 is 0 Å². The SMILES string of the molecule is COc1cc(C=C2N=C3CCCCCN3C2=O)ccc1OCc1cccc2ccccc12. The minimum absolute atomic E-state index is 0.00264. The molecule has 3 aromatic carbocycles. The number of benzene rings is 3. The van der Waals surface area contributed by atoms with E-state index in [9.17, 15) is 4.79 Å². The number of aliphatic imine (C=N–C) groups is 1. The van der Waals surface area contributed by atoms with Crippen LogP contribution in [-0.2, 0) is 11.4 Å². The molecule has 0 unspecified atom stereocenters. The van der Waals surface area contributed by atoms with Crippen LogP contribution in [-0.4, -0.2) is 30.3 Å². The zero-order valence-electron chi connectivity index (χ0n) is 18.2. The van der Waals surface area contributed by atoms with Crippen molar-refractivity contribution < 1.29 is 14.3 Å². The van der Waals surface area contributed by atoms with Crippen LogP contribution in [0.2, 0.25) is 0 Å². The lowest BCUT2D eigenvalue weighted by atomic mass is 10.1. The van der Waals surface area contributed by atoms with Crippen LogP contribution >= 0.6 is 0 Å². The second kappa shape index (κ2) is 8.87. The van der Waals surface area contributed by atoms with E-state index in [1.807, 2.05) is 47.4 Å². The monoisotopic (exact) mass is 426 g/mol. The van der Waals surface area contributed by atoms with Crippen LogP contribution in [0.3, 0.4) is 0 Å². The summed E-state index contributed by atoms with van der Waals surface area (Å²) < 4.78 is 11.7. The molecule has 32 heavy (non-hydrogen) atoms. The molecule has 1 amide bonds. The van der Waals surface area contributed by atoms with E-state index in [-0.39, 0.29) is 5.91 Å². The van der Waals surface area contributed by atoms with Gasteiger partial charge in [0.25, 0.3) is 5.91 Å². The molecule has 0 aromatic heterocycles. The van der Waals surface area contributed by atoms with E-state index in [4.69, 9.17) is 9.47 Å². The molecular weight excluding hydrogens is 400 g/mol. The van der Waals surface area contributed by atoms with Gasteiger partial charge in [-0.3, -0.25) is 9.69 Å². The topological polar surface area (TPSA) is 51.1 Å². The molecule has 1 saturated heterocycles. The second-order valence-corrected chi connectivity index (χ2v) is 8.16. The van der Waals surface area contributed by atoms with E-state index in [2.05, 4.69) is 29.3 Å². The van der Waals surface area contributed by atoms with Gasteiger partial charge >= 0.3 is 0 Å². The smallest absolute Gasteiger partial charge is 0.277 e. The fourth-order valence-electron chi connectivity index (χ4n) is 4.37. The zero-order valence-corrected chi connectivity index (χ0v) is 18.2. The molecule has 0 N–H and O–H groups in total. The van der Waals surface area contributed by atoms with Crippen LogP contribution in [0.4, 0.5) is 0 Å². The summed E-state index contributed by atoms with van der Waals surface area (Å²) in [5.74, 6) is 2.20. The molecule has 0 aliphatic carbocycles. The Balaban J connectivity index is 1.36. The van der Waals surface area contributed by atoms with Gasteiger partial charge in [-0.25, -0.2) is 4.99 Å². The van der Waals surface area contributed by atoms with Gasteiger partial charge < -0.3 is 9.47 Å². The Hall–Kier alpha value is -3.60. The average Bonchev–Trinajstić information content (AvgIpc) is 2.98. The highest BCUT2D eigenvalue weighted by Gasteiger charge is 2.30. The standard InChI is InChI=1S/C27H26N2O3/c1-31-25-17-19(16-23-27(30)29-15-6-2-3-12-26(29)28-23)13-14-24(25)32-18-21-10-7-9-20-8-4-5-11-22(20)21/h4-5,7-11,13-14,16-17H,2-3,6,12,15,18H2,1H3. The van der Waals surface area contributed by atoms with E-state index in [0.717, 1.165) is 49.2 Å². The van der Waals surface area contributed by atoms with Crippen molar-refractivity contribution in [2.45, 2.75) is 32.3 Å². The molecule has 2 aliphatic heterocycles. The van der Waals surface area contributed by atoms with Gasteiger partial charge in [0.15, 0.2) is 11.5 Å². The third-order valence-electron chi connectivity index (χ3n) is 6.06. The maximum absolute atomic E-state index is 12.8. The molecule has 5 heteroatoms. The molecule has 5 rings (SSSR count). The highest BCUT2D eigenvalue weighted by molar-refractivity contribution is 6.14. The number of rotatable bonds is 5. The van der Waals surface area contributed by atoms with Crippen molar-refractivity contribution in [3.05, 3.63) is 77.5 Å². The highest BCUT2D eigenvalue weighted by Crippen LogP contribution is 2.31. The summed E-state index contributed by atoms with van der Waals surface area (Å²) in [6.07, 6.45) is 5.98. The molecule has 0 spiro atoms. The van der Waals surface area contributed by atoms with Gasteiger partial charge in [0.05, 0.1) is 7.11 Å². The van der Waals surface area contributed by atoms with Crippen molar-refractivity contribution in [2.75, 3.05) is 13.7 Å². The van der Waals surface area contributed by atoms with Gasteiger partial charge in [-0.1, -0.05) is 55.0 Å². The Morgan fingerprint density at radius 2 is 1.88 bits per heavy atom. The van der Waals surface area contributed by atoms with Crippen LogP contribution in [0.25, 0.3) is 16.8 Å². The summed E-state index contributed by atoms with van der Waals surface area (Å²) in [6, 6.07) is 20.2. The summed E-state index contributed by atoms with van der Waals surface area (Å²) in [5, 5.41) is 2.37. The fraction of sp³-hybridized carbons (Fsp3) is 0.259. The summed E-state index contributed by atoms with van der Waals surface area (Å²) in [7, 11) is 1.63. The van der Waals surface area contributed by atoms with E-state index in [1.54, 1.807) is 7.11 Å². The molecule has 0 bridgehead atoms. The Morgan fingerprint density at radius 1 is 1.00 bits per heavy atom.